The first-order chi connectivity index (χ1) is 9.15. The molecule has 0 spiro atoms. The number of nitrogens with zero attached hydrogens (tertiary/aromatic N) is 3. The van der Waals surface area contributed by atoms with Gasteiger partial charge in [0, 0.05) is 17.8 Å². The van der Waals surface area contributed by atoms with E-state index >= 15 is 0 Å². The Kier molecular flexibility index (Phi) is 2.49. The first kappa shape index (κ1) is 11.3. The highest BCUT2D eigenvalue weighted by Crippen LogP contribution is 2.21. The van der Waals surface area contributed by atoms with Crippen LogP contribution in [0.25, 0.3) is 16.9 Å². The van der Waals surface area contributed by atoms with Crippen molar-refractivity contribution in [2.24, 2.45) is 0 Å². The van der Waals surface area contributed by atoms with Crippen LogP contribution < -0.4 is 0 Å². The molecular formula is C13H8FN3O2. The molecule has 0 saturated heterocycles. The molecule has 3 rings (SSSR count). The second-order valence-corrected chi connectivity index (χ2v) is 3.95. The van der Waals surface area contributed by atoms with E-state index in [1.54, 1.807) is 24.3 Å². The fourth-order valence-corrected chi connectivity index (χ4v) is 1.81. The van der Waals surface area contributed by atoms with Crippen LogP contribution in [-0.4, -0.2) is 25.4 Å². The summed E-state index contributed by atoms with van der Waals surface area (Å²) >= 11 is 0. The van der Waals surface area contributed by atoms with Gasteiger partial charge in [-0.1, -0.05) is 12.1 Å². The Labute approximate surface area is 107 Å². The number of benzene rings is 1. The molecule has 3 aromatic rings. The number of fused-ring (bicyclic) bond motifs is 1. The van der Waals surface area contributed by atoms with Gasteiger partial charge in [0.1, 0.15) is 17.8 Å². The van der Waals surface area contributed by atoms with E-state index in [9.17, 15) is 9.18 Å². The molecule has 0 bridgehead atoms. The van der Waals surface area contributed by atoms with Crippen LogP contribution in [0.1, 0.15) is 10.5 Å². The van der Waals surface area contributed by atoms with E-state index in [0.717, 1.165) is 0 Å². The molecule has 0 aliphatic carbocycles. The molecule has 0 saturated carbocycles. The summed E-state index contributed by atoms with van der Waals surface area (Å²) in [5.41, 5.74) is 1.09. The number of hydrogen-bond acceptors (Lipinski definition) is 3. The van der Waals surface area contributed by atoms with Gasteiger partial charge in [0.05, 0.1) is 5.69 Å². The SMILES string of the molecule is O=C(O)c1cn2cnc(-c3ccccc3F)cc2n1. The van der Waals surface area contributed by atoms with E-state index in [2.05, 4.69) is 9.97 Å². The van der Waals surface area contributed by atoms with Crippen LogP contribution >= 0.6 is 0 Å². The number of hydrogen-bond donors (Lipinski definition) is 1. The van der Waals surface area contributed by atoms with Crippen LogP contribution in [0.5, 0.6) is 0 Å². The summed E-state index contributed by atoms with van der Waals surface area (Å²) in [5, 5.41) is 8.86. The Morgan fingerprint density at radius 2 is 2.11 bits per heavy atom. The largest absolute Gasteiger partial charge is 0.476 e. The number of aromatic nitrogens is 3. The van der Waals surface area contributed by atoms with Gasteiger partial charge in [0.25, 0.3) is 0 Å². The fraction of sp³-hybridized carbons (Fsp3) is 0. The quantitative estimate of drug-likeness (QED) is 0.764. The minimum absolute atomic E-state index is 0.0764. The predicted octanol–water partition coefficient (Wildman–Crippen LogP) is 2.23. The molecule has 1 N–H and O–H groups in total. The number of imidazole rings is 1. The van der Waals surface area contributed by atoms with Crippen molar-refractivity contribution in [1.29, 1.82) is 0 Å². The highest BCUT2D eigenvalue weighted by Gasteiger charge is 2.11. The van der Waals surface area contributed by atoms with Crippen LogP contribution in [0.3, 0.4) is 0 Å². The molecule has 0 aliphatic rings. The van der Waals surface area contributed by atoms with Crippen molar-refractivity contribution in [3.63, 3.8) is 0 Å². The average Bonchev–Trinajstić information content (AvgIpc) is 2.82. The van der Waals surface area contributed by atoms with Crippen molar-refractivity contribution >= 4 is 11.6 Å². The first-order valence-electron chi connectivity index (χ1n) is 5.48. The lowest BCUT2D eigenvalue weighted by Gasteiger charge is -2.02. The summed E-state index contributed by atoms with van der Waals surface area (Å²) in [4.78, 5) is 18.9. The van der Waals surface area contributed by atoms with Crippen LogP contribution in [-0.2, 0) is 0 Å². The van der Waals surface area contributed by atoms with E-state index in [-0.39, 0.29) is 11.5 Å². The predicted molar refractivity (Wildman–Crippen MR) is 65.3 cm³/mol. The lowest BCUT2D eigenvalue weighted by atomic mass is 10.1. The second kappa shape index (κ2) is 4.16. The van der Waals surface area contributed by atoms with Gasteiger partial charge in [-0.15, -0.1) is 0 Å². The van der Waals surface area contributed by atoms with E-state index in [4.69, 9.17) is 5.11 Å². The highest BCUT2D eigenvalue weighted by atomic mass is 19.1. The number of halogens is 1. The molecule has 0 fully saturated rings. The third kappa shape index (κ3) is 1.93. The Balaban J connectivity index is 2.16. The number of rotatable bonds is 2. The third-order valence-corrected chi connectivity index (χ3v) is 2.72. The molecule has 2 heterocycles. The average molecular weight is 257 g/mol. The van der Waals surface area contributed by atoms with Crippen LogP contribution in [0.15, 0.2) is 42.9 Å². The van der Waals surface area contributed by atoms with Gasteiger partial charge in [0.2, 0.25) is 0 Å². The van der Waals surface area contributed by atoms with E-state index < -0.39 is 5.97 Å². The maximum atomic E-state index is 13.6. The monoisotopic (exact) mass is 257 g/mol. The second-order valence-electron chi connectivity index (χ2n) is 3.95. The smallest absolute Gasteiger partial charge is 0.356 e. The molecule has 0 radical (unpaired) electrons. The van der Waals surface area contributed by atoms with Crippen LogP contribution in [0, 0.1) is 5.82 Å². The number of carboxylic acid groups (broad SMARTS) is 1. The minimum Gasteiger partial charge on any atom is -0.476 e. The zero-order valence-corrected chi connectivity index (χ0v) is 9.62. The standard InChI is InChI=1S/C13H8FN3O2/c14-9-4-2-1-3-8(9)10-5-12-16-11(13(18)19)6-17(12)7-15-10/h1-7H,(H,18,19). The number of carbonyl (C=O) groups is 1. The van der Waals surface area contributed by atoms with E-state index in [1.807, 2.05) is 0 Å². The van der Waals surface area contributed by atoms with E-state index in [0.29, 0.717) is 16.9 Å². The van der Waals surface area contributed by atoms with Crippen molar-refractivity contribution in [3.05, 3.63) is 54.4 Å². The third-order valence-electron chi connectivity index (χ3n) is 2.72. The van der Waals surface area contributed by atoms with Crippen molar-refractivity contribution in [1.82, 2.24) is 14.4 Å². The van der Waals surface area contributed by atoms with Gasteiger partial charge >= 0.3 is 5.97 Å². The summed E-state index contributed by atoms with van der Waals surface area (Å²) in [5.74, 6) is -1.50. The molecule has 1 aromatic carbocycles. The maximum Gasteiger partial charge on any atom is 0.356 e. The fourth-order valence-electron chi connectivity index (χ4n) is 1.81. The van der Waals surface area contributed by atoms with Crippen molar-refractivity contribution in [2.45, 2.75) is 0 Å². The highest BCUT2D eigenvalue weighted by molar-refractivity contribution is 5.86. The van der Waals surface area contributed by atoms with Gasteiger partial charge in [-0.2, -0.15) is 0 Å². The maximum absolute atomic E-state index is 13.6. The van der Waals surface area contributed by atoms with Gasteiger partial charge in [-0.05, 0) is 12.1 Å². The molecule has 5 nitrogen and oxygen atoms in total. The van der Waals surface area contributed by atoms with Gasteiger partial charge in [0.15, 0.2) is 5.69 Å². The molecule has 0 aliphatic heterocycles. The molecule has 0 atom stereocenters. The minimum atomic E-state index is -1.11. The zero-order valence-electron chi connectivity index (χ0n) is 9.62. The Morgan fingerprint density at radius 1 is 1.32 bits per heavy atom. The summed E-state index contributed by atoms with van der Waals surface area (Å²) in [7, 11) is 0. The molecule has 2 aromatic heterocycles. The van der Waals surface area contributed by atoms with Crippen LogP contribution in [0.4, 0.5) is 4.39 Å². The zero-order chi connectivity index (χ0) is 13.4. The van der Waals surface area contributed by atoms with Gasteiger partial charge in [-0.3, -0.25) is 4.40 Å². The summed E-state index contributed by atoms with van der Waals surface area (Å²) < 4.78 is 15.1. The summed E-state index contributed by atoms with van der Waals surface area (Å²) in [6.45, 7) is 0. The number of aromatic carboxylic acids is 1. The lowest BCUT2D eigenvalue weighted by Crippen LogP contribution is -1.94. The molecule has 6 heteroatoms. The van der Waals surface area contributed by atoms with Crippen molar-refractivity contribution < 1.29 is 14.3 Å². The lowest BCUT2D eigenvalue weighted by molar-refractivity contribution is 0.0691. The van der Waals surface area contributed by atoms with Gasteiger partial charge in [-0.25, -0.2) is 19.2 Å². The van der Waals surface area contributed by atoms with Gasteiger partial charge < -0.3 is 5.11 Å². The Bertz CT molecular complexity index is 782. The topological polar surface area (TPSA) is 67.5 Å². The number of carboxylic acids is 1. The Hall–Kier alpha value is -2.76. The molecule has 0 unspecified atom stereocenters. The van der Waals surface area contributed by atoms with Crippen molar-refractivity contribution in [3.8, 4) is 11.3 Å². The molecule has 0 amide bonds. The molecular weight excluding hydrogens is 249 g/mol. The van der Waals surface area contributed by atoms with E-state index in [1.165, 1.54) is 23.0 Å². The molecule has 94 valence electrons. The van der Waals surface area contributed by atoms with Crippen molar-refractivity contribution in [2.75, 3.05) is 0 Å². The normalized spacial score (nSPS) is 10.8. The Morgan fingerprint density at radius 3 is 2.84 bits per heavy atom. The van der Waals surface area contributed by atoms with Crippen LogP contribution in [0.2, 0.25) is 0 Å². The summed E-state index contributed by atoms with van der Waals surface area (Å²) in [6, 6.07) is 7.80. The first-order valence-corrected chi connectivity index (χ1v) is 5.48. The molecule has 19 heavy (non-hydrogen) atoms. The summed E-state index contributed by atoms with van der Waals surface area (Å²) in [6.07, 6.45) is 2.77.